The molecule has 0 amide bonds. The molecule has 1 aromatic heterocycles. The molecule has 20 heavy (non-hydrogen) atoms. The summed E-state index contributed by atoms with van der Waals surface area (Å²) in [5, 5.41) is 4.50. The average Bonchev–Trinajstić information content (AvgIpc) is 2.80. The van der Waals surface area contributed by atoms with Crippen molar-refractivity contribution in [3.05, 3.63) is 45.1 Å². The summed E-state index contributed by atoms with van der Waals surface area (Å²) >= 11 is 9.46. The van der Waals surface area contributed by atoms with Gasteiger partial charge in [-0.05, 0) is 48.0 Å². The SMILES string of the molecule is COc1ccc(C(=O)c2c(Cl)cnn2C(C)C)cc1Br. The fourth-order valence-corrected chi connectivity index (χ4v) is 2.65. The zero-order valence-electron chi connectivity index (χ0n) is 11.4. The van der Waals surface area contributed by atoms with Crippen LogP contribution >= 0.6 is 27.5 Å². The Balaban J connectivity index is 2.46. The van der Waals surface area contributed by atoms with Crippen LogP contribution < -0.4 is 4.74 Å². The van der Waals surface area contributed by atoms with Crippen molar-refractivity contribution in [3.63, 3.8) is 0 Å². The Morgan fingerprint density at radius 3 is 2.70 bits per heavy atom. The first kappa shape index (κ1) is 15.1. The van der Waals surface area contributed by atoms with E-state index in [1.165, 1.54) is 6.20 Å². The molecular weight excluding hydrogens is 344 g/mol. The summed E-state index contributed by atoms with van der Waals surface area (Å²) in [7, 11) is 1.58. The lowest BCUT2D eigenvalue weighted by Crippen LogP contribution is -2.14. The van der Waals surface area contributed by atoms with E-state index in [0.29, 0.717) is 22.0 Å². The van der Waals surface area contributed by atoms with Gasteiger partial charge in [-0.15, -0.1) is 0 Å². The highest BCUT2D eigenvalue weighted by Crippen LogP contribution is 2.28. The van der Waals surface area contributed by atoms with Crippen molar-refractivity contribution >= 4 is 33.3 Å². The molecule has 0 saturated heterocycles. The van der Waals surface area contributed by atoms with Gasteiger partial charge in [0.25, 0.3) is 0 Å². The van der Waals surface area contributed by atoms with Crippen molar-refractivity contribution in [2.45, 2.75) is 19.9 Å². The summed E-state index contributed by atoms with van der Waals surface area (Å²) in [6.45, 7) is 3.90. The van der Waals surface area contributed by atoms with Crippen LogP contribution in [0, 0.1) is 0 Å². The molecule has 2 rings (SSSR count). The highest BCUT2D eigenvalue weighted by molar-refractivity contribution is 9.10. The van der Waals surface area contributed by atoms with Gasteiger partial charge in [0.2, 0.25) is 5.78 Å². The number of carbonyl (C=O) groups excluding carboxylic acids is 1. The van der Waals surface area contributed by atoms with E-state index in [1.807, 2.05) is 13.8 Å². The van der Waals surface area contributed by atoms with Crippen LogP contribution in [-0.2, 0) is 0 Å². The van der Waals surface area contributed by atoms with E-state index in [9.17, 15) is 4.79 Å². The first-order valence-electron chi connectivity index (χ1n) is 6.07. The number of hydrogen-bond donors (Lipinski definition) is 0. The van der Waals surface area contributed by atoms with Gasteiger partial charge in [0.05, 0.1) is 22.8 Å². The van der Waals surface area contributed by atoms with Gasteiger partial charge in [-0.2, -0.15) is 5.10 Å². The van der Waals surface area contributed by atoms with Gasteiger partial charge in [-0.25, -0.2) is 0 Å². The van der Waals surface area contributed by atoms with E-state index in [-0.39, 0.29) is 11.8 Å². The molecule has 2 aromatic rings. The van der Waals surface area contributed by atoms with Gasteiger partial charge < -0.3 is 4.74 Å². The number of benzene rings is 1. The van der Waals surface area contributed by atoms with E-state index in [0.717, 1.165) is 4.47 Å². The van der Waals surface area contributed by atoms with Gasteiger partial charge >= 0.3 is 0 Å². The molecular formula is C14H14BrClN2O2. The normalized spacial score (nSPS) is 10.9. The number of halogens is 2. The van der Waals surface area contributed by atoms with Crippen molar-refractivity contribution in [3.8, 4) is 5.75 Å². The zero-order valence-corrected chi connectivity index (χ0v) is 13.7. The molecule has 0 atom stereocenters. The number of ether oxygens (including phenoxy) is 1. The maximum Gasteiger partial charge on any atom is 0.212 e. The van der Waals surface area contributed by atoms with Crippen molar-refractivity contribution in [1.82, 2.24) is 9.78 Å². The van der Waals surface area contributed by atoms with Crippen LogP contribution in [0.25, 0.3) is 0 Å². The monoisotopic (exact) mass is 356 g/mol. The fraction of sp³-hybridized carbons (Fsp3) is 0.286. The van der Waals surface area contributed by atoms with E-state index < -0.39 is 0 Å². The molecule has 0 bridgehead atoms. The van der Waals surface area contributed by atoms with Crippen LogP contribution in [0.4, 0.5) is 0 Å². The molecule has 1 heterocycles. The van der Waals surface area contributed by atoms with Crippen LogP contribution in [0.3, 0.4) is 0 Å². The predicted octanol–water partition coefficient (Wildman–Crippen LogP) is 4.12. The molecule has 0 N–H and O–H groups in total. The van der Waals surface area contributed by atoms with Crippen LogP contribution in [-0.4, -0.2) is 22.7 Å². The number of methoxy groups -OCH3 is 1. The smallest absolute Gasteiger partial charge is 0.212 e. The summed E-state index contributed by atoms with van der Waals surface area (Å²) in [6, 6.07) is 5.22. The first-order valence-corrected chi connectivity index (χ1v) is 7.24. The lowest BCUT2D eigenvalue weighted by atomic mass is 10.1. The molecule has 0 aliphatic heterocycles. The number of hydrogen-bond acceptors (Lipinski definition) is 3. The summed E-state index contributed by atoms with van der Waals surface area (Å²) in [6.07, 6.45) is 1.49. The Morgan fingerprint density at radius 2 is 2.15 bits per heavy atom. The van der Waals surface area contributed by atoms with E-state index in [4.69, 9.17) is 16.3 Å². The van der Waals surface area contributed by atoms with Gasteiger partial charge in [0.1, 0.15) is 11.4 Å². The average molecular weight is 358 g/mol. The van der Waals surface area contributed by atoms with E-state index in [2.05, 4.69) is 21.0 Å². The zero-order chi connectivity index (χ0) is 14.9. The van der Waals surface area contributed by atoms with E-state index in [1.54, 1.807) is 30.0 Å². The van der Waals surface area contributed by atoms with Crippen molar-refractivity contribution < 1.29 is 9.53 Å². The van der Waals surface area contributed by atoms with Crippen molar-refractivity contribution in [2.24, 2.45) is 0 Å². The van der Waals surface area contributed by atoms with Gasteiger partial charge in [0.15, 0.2) is 0 Å². The number of aromatic nitrogens is 2. The second-order valence-corrected chi connectivity index (χ2v) is 5.82. The largest absolute Gasteiger partial charge is 0.496 e. The summed E-state index contributed by atoms with van der Waals surface area (Å²) in [5.41, 5.74) is 0.931. The molecule has 6 heteroatoms. The third-order valence-corrected chi connectivity index (χ3v) is 3.77. The maximum atomic E-state index is 12.6. The van der Waals surface area contributed by atoms with Crippen LogP contribution in [0.5, 0.6) is 5.75 Å². The second kappa shape index (κ2) is 5.97. The molecule has 0 radical (unpaired) electrons. The predicted molar refractivity (Wildman–Crippen MR) is 81.7 cm³/mol. The summed E-state index contributed by atoms with van der Waals surface area (Å²) in [4.78, 5) is 12.6. The number of carbonyl (C=O) groups is 1. The lowest BCUT2D eigenvalue weighted by molar-refractivity contribution is 0.102. The fourth-order valence-electron chi connectivity index (χ4n) is 1.89. The lowest BCUT2D eigenvalue weighted by Gasteiger charge is -2.11. The van der Waals surface area contributed by atoms with Gasteiger partial charge in [0, 0.05) is 11.6 Å². The molecule has 1 aromatic carbocycles. The molecule has 4 nitrogen and oxygen atoms in total. The topological polar surface area (TPSA) is 44.1 Å². The summed E-state index contributed by atoms with van der Waals surface area (Å²) < 4.78 is 7.50. The number of nitrogens with zero attached hydrogens (tertiary/aromatic N) is 2. The minimum atomic E-state index is -0.162. The quantitative estimate of drug-likeness (QED) is 0.773. The highest BCUT2D eigenvalue weighted by Gasteiger charge is 2.21. The van der Waals surface area contributed by atoms with Crippen LogP contribution in [0.2, 0.25) is 5.02 Å². The minimum absolute atomic E-state index is 0.0585. The standard InChI is InChI=1S/C14H14BrClN2O2/c1-8(2)18-13(11(16)7-17-18)14(19)9-4-5-12(20-3)10(15)6-9/h4-8H,1-3H3. The Kier molecular flexibility index (Phi) is 4.50. The Morgan fingerprint density at radius 1 is 1.45 bits per heavy atom. The van der Waals surface area contributed by atoms with Crippen molar-refractivity contribution in [1.29, 1.82) is 0 Å². The Hall–Kier alpha value is -1.33. The number of ketones is 1. The van der Waals surface area contributed by atoms with Gasteiger partial charge in [-0.1, -0.05) is 11.6 Å². The van der Waals surface area contributed by atoms with Crippen molar-refractivity contribution in [2.75, 3.05) is 7.11 Å². The highest BCUT2D eigenvalue weighted by atomic mass is 79.9. The second-order valence-electron chi connectivity index (χ2n) is 4.56. The molecule has 0 aliphatic rings. The van der Waals surface area contributed by atoms with Crippen LogP contribution in [0.1, 0.15) is 35.9 Å². The molecule has 106 valence electrons. The molecule has 0 aliphatic carbocycles. The first-order chi connectivity index (χ1) is 9.45. The molecule has 0 spiro atoms. The van der Waals surface area contributed by atoms with Gasteiger partial charge in [-0.3, -0.25) is 9.48 Å². The number of rotatable bonds is 4. The maximum absolute atomic E-state index is 12.6. The summed E-state index contributed by atoms with van der Waals surface area (Å²) in [5.74, 6) is 0.509. The third kappa shape index (κ3) is 2.74. The van der Waals surface area contributed by atoms with E-state index >= 15 is 0 Å². The third-order valence-electron chi connectivity index (χ3n) is 2.87. The molecule has 0 fully saturated rings. The molecule has 0 saturated carbocycles. The minimum Gasteiger partial charge on any atom is -0.496 e. The molecule has 0 unspecified atom stereocenters. The Labute approximate surface area is 130 Å². The Bertz CT molecular complexity index is 653. The van der Waals surface area contributed by atoms with Crippen LogP contribution in [0.15, 0.2) is 28.9 Å².